The molecule has 0 unspecified atom stereocenters. The van der Waals surface area contributed by atoms with Gasteiger partial charge in [-0.15, -0.1) is 0 Å². The second-order valence-electron chi connectivity index (χ2n) is 3.13. The summed E-state index contributed by atoms with van der Waals surface area (Å²) >= 11 is 0. The highest BCUT2D eigenvalue weighted by molar-refractivity contribution is 7.91. The van der Waals surface area contributed by atoms with Gasteiger partial charge < -0.3 is 0 Å². The summed E-state index contributed by atoms with van der Waals surface area (Å²) in [6.45, 7) is 0. The van der Waals surface area contributed by atoms with E-state index in [9.17, 15) is 8.42 Å². The highest BCUT2D eigenvalue weighted by Gasteiger charge is 2.15. The van der Waals surface area contributed by atoms with E-state index < -0.39 is 9.84 Å². The van der Waals surface area contributed by atoms with Gasteiger partial charge in [0.2, 0.25) is 9.84 Å². The van der Waals surface area contributed by atoms with Gasteiger partial charge >= 0.3 is 0 Å². The zero-order chi connectivity index (χ0) is 10.7. The standard InChI is InChI=1S/C12H10O2S.N/c13-15(14,11-7-3-1-4-8-11)12-9-5-2-6-10-12;/h1-10H;. The molecule has 0 saturated heterocycles. The predicted octanol–water partition coefficient (Wildman–Crippen LogP) is 2.04. The van der Waals surface area contributed by atoms with Gasteiger partial charge in [-0.3, -0.25) is 0 Å². The maximum Gasteiger partial charge on any atom is 0.206 e. The fourth-order valence-corrected chi connectivity index (χ4v) is 2.64. The van der Waals surface area contributed by atoms with Crippen LogP contribution in [0.5, 0.6) is 0 Å². The Morgan fingerprint density at radius 1 is 0.625 bits per heavy atom. The first kappa shape index (κ1) is 12.4. The summed E-state index contributed by atoms with van der Waals surface area (Å²) in [6, 6.07) is 16.9. The number of rotatable bonds is 2. The van der Waals surface area contributed by atoms with Gasteiger partial charge in [0.1, 0.15) is 0 Å². The van der Waals surface area contributed by atoms with Gasteiger partial charge in [0.15, 0.2) is 0 Å². The lowest BCUT2D eigenvalue weighted by Crippen LogP contribution is -2.00. The van der Waals surface area contributed by atoms with Crippen LogP contribution < -0.4 is 6.15 Å². The van der Waals surface area contributed by atoms with Gasteiger partial charge in [-0.05, 0) is 24.3 Å². The van der Waals surface area contributed by atoms with E-state index in [1.807, 2.05) is 0 Å². The summed E-state index contributed by atoms with van der Waals surface area (Å²) < 4.78 is 24.1. The van der Waals surface area contributed by atoms with Crippen molar-refractivity contribution in [3.05, 3.63) is 60.7 Å². The molecule has 0 spiro atoms. The molecule has 0 atom stereocenters. The zero-order valence-corrected chi connectivity index (χ0v) is 9.26. The second-order valence-corrected chi connectivity index (χ2v) is 5.08. The maximum atomic E-state index is 12.0. The smallest absolute Gasteiger partial charge is 0.206 e. The van der Waals surface area contributed by atoms with Crippen molar-refractivity contribution in [2.75, 3.05) is 0 Å². The molecule has 3 radical (unpaired) electrons. The first-order chi connectivity index (χ1) is 7.21. The molecule has 81 valence electrons. The predicted molar refractivity (Wildman–Crippen MR) is 60.5 cm³/mol. The molecule has 0 heterocycles. The lowest BCUT2D eigenvalue weighted by atomic mass is 10.4. The van der Waals surface area contributed by atoms with Crippen molar-refractivity contribution in [1.82, 2.24) is 6.15 Å². The highest BCUT2D eigenvalue weighted by atomic mass is 32.2. The van der Waals surface area contributed by atoms with Crippen molar-refractivity contribution in [1.29, 1.82) is 0 Å². The van der Waals surface area contributed by atoms with E-state index in [0.29, 0.717) is 9.79 Å². The molecule has 0 saturated carbocycles. The van der Waals surface area contributed by atoms with Crippen LogP contribution in [-0.2, 0) is 9.84 Å². The summed E-state index contributed by atoms with van der Waals surface area (Å²) in [5.41, 5.74) is 0. The Morgan fingerprint density at radius 2 is 0.938 bits per heavy atom. The number of sulfone groups is 1. The molecule has 4 heteroatoms. The van der Waals surface area contributed by atoms with Crippen LogP contribution in [0, 0.1) is 0 Å². The Bertz CT molecular complexity index is 490. The fraction of sp³-hybridized carbons (Fsp3) is 0. The second kappa shape index (κ2) is 4.92. The van der Waals surface area contributed by atoms with E-state index in [0.717, 1.165) is 0 Å². The van der Waals surface area contributed by atoms with Crippen molar-refractivity contribution in [3.63, 3.8) is 0 Å². The van der Waals surface area contributed by atoms with Crippen LogP contribution in [0.2, 0.25) is 0 Å². The molecule has 0 aliphatic heterocycles. The minimum Gasteiger partial charge on any atom is -0.219 e. The summed E-state index contributed by atoms with van der Waals surface area (Å²) in [7, 11) is -3.34. The molecule has 0 fully saturated rings. The van der Waals surface area contributed by atoms with E-state index >= 15 is 0 Å². The Balaban J connectivity index is 0.00000128. The first-order valence-electron chi connectivity index (χ1n) is 4.56. The van der Waals surface area contributed by atoms with Gasteiger partial charge in [0.05, 0.1) is 9.79 Å². The monoisotopic (exact) mass is 232 g/mol. The molecule has 2 rings (SSSR count). The number of benzene rings is 2. The molecule has 0 aromatic heterocycles. The minimum absolute atomic E-state index is 0. The van der Waals surface area contributed by atoms with Crippen LogP contribution in [0.25, 0.3) is 0 Å². The average Bonchev–Trinajstić information content (AvgIpc) is 2.31. The molecule has 0 amide bonds. The number of hydrogen-bond donors (Lipinski definition) is 0. The molecule has 2 aromatic carbocycles. The van der Waals surface area contributed by atoms with E-state index in [1.54, 1.807) is 60.7 Å². The summed E-state index contributed by atoms with van der Waals surface area (Å²) in [5.74, 6) is 0. The van der Waals surface area contributed by atoms with Crippen molar-refractivity contribution >= 4 is 9.84 Å². The van der Waals surface area contributed by atoms with Gasteiger partial charge in [-0.25, -0.2) is 8.42 Å². The largest absolute Gasteiger partial charge is 0.219 e. The van der Waals surface area contributed by atoms with Gasteiger partial charge in [-0.1, -0.05) is 36.4 Å². The molecule has 0 N–H and O–H groups in total. The minimum atomic E-state index is -3.34. The number of nitrogens with zero attached hydrogens (tertiary/aromatic N) is 1. The van der Waals surface area contributed by atoms with Crippen molar-refractivity contribution in [2.45, 2.75) is 9.79 Å². The molecule has 2 aromatic rings. The average molecular weight is 232 g/mol. The van der Waals surface area contributed by atoms with Crippen LogP contribution in [0.4, 0.5) is 0 Å². The van der Waals surface area contributed by atoms with Crippen LogP contribution >= 0.6 is 0 Å². The van der Waals surface area contributed by atoms with Crippen molar-refractivity contribution in [2.24, 2.45) is 0 Å². The summed E-state index contributed by atoms with van der Waals surface area (Å²) in [6.07, 6.45) is 0. The van der Waals surface area contributed by atoms with E-state index in [2.05, 4.69) is 0 Å². The molecular formula is C12H10NO2S. The number of hydrogen-bond acceptors (Lipinski definition) is 2. The van der Waals surface area contributed by atoms with E-state index in [-0.39, 0.29) is 6.15 Å². The summed E-state index contributed by atoms with van der Waals surface area (Å²) in [4.78, 5) is 0.660. The van der Waals surface area contributed by atoms with Gasteiger partial charge in [0, 0.05) is 6.15 Å². The van der Waals surface area contributed by atoms with Crippen LogP contribution in [0.1, 0.15) is 0 Å². The van der Waals surface area contributed by atoms with E-state index in [4.69, 9.17) is 0 Å². The van der Waals surface area contributed by atoms with Crippen LogP contribution in [0.3, 0.4) is 0 Å². The molecular weight excluding hydrogens is 222 g/mol. The highest BCUT2D eigenvalue weighted by Crippen LogP contribution is 2.19. The first-order valence-corrected chi connectivity index (χ1v) is 6.05. The zero-order valence-electron chi connectivity index (χ0n) is 8.45. The van der Waals surface area contributed by atoms with Crippen LogP contribution in [0.15, 0.2) is 70.5 Å². The Hall–Kier alpha value is -1.65. The lowest BCUT2D eigenvalue weighted by molar-refractivity contribution is 0.596. The van der Waals surface area contributed by atoms with Gasteiger partial charge in [-0.2, -0.15) is 0 Å². The fourth-order valence-electron chi connectivity index (χ4n) is 1.34. The quantitative estimate of drug-likeness (QED) is 0.795. The Labute approximate surface area is 95.2 Å². The van der Waals surface area contributed by atoms with Crippen LogP contribution in [-0.4, -0.2) is 8.42 Å². The molecule has 0 aliphatic rings. The third kappa shape index (κ3) is 2.29. The Kier molecular flexibility index (Phi) is 3.82. The topological polar surface area (TPSA) is 64.6 Å². The van der Waals surface area contributed by atoms with Gasteiger partial charge in [0.25, 0.3) is 0 Å². The third-order valence-electron chi connectivity index (χ3n) is 2.11. The summed E-state index contributed by atoms with van der Waals surface area (Å²) in [5, 5.41) is 0. The van der Waals surface area contributed by atoms with Crippen molar-refractivity contribution in [3.8, 4) is 0 Å². The van der Waals surface area contributed by atoms with Crippen molar-refractivity contribution < 1.29 is 8.42 Å². The molecule has 0 aliphatic carbocycles. The normalized spacial score (nSPS) is 10.5. The Morgan fingerprint density at radius 3 is 1.25 bits per heavy atom. The molecule has 3 nitrogen and oxygen atoms in total. The molecule has 0 bridgehead atoms. The maximum absolute atomic E-state index is 12.0. The third-order valence-corrected chi connectivity index (χ3v) is 3.89. The lowest BCUT2D eigenvalue weighted by Gasteiger charge is -2.03. The molecule has 16 heavy (non-hydrogen) atoms. The SMILES string of the molecule is O=S(=O)(c1ccccc1)c1ccccc1.[N]. The van der Waals surface area contributed by atoms with E-state index in [1.165, 1.54) is 0 Å².